The first-order valence-corrected chi connectivity index (χ1v) is 6.78. The van der Waals surface area contributed by atoms with Crippen LogP contribution in [0, 0.1) is 0 Å². The predicted octanol–water partition coefficient (Wildman–Crippen LogP) is 3.08. The van der Waals surface area contributed by atoms with Gasteiger partial charge in [0.15, 0.2) is 0 Å². The van der Waals surface area contributed by atoms with Crippen LogP contribution in [-0.2, 0) is 11.2 Å². The van der Waals surface area contributed by atoms with Crippen molar-refractivity contribution >= 4 is 0 Å². The number of nitrogens with one attached hydrogen (secondary N) is 1. The van der Waals surface area contributed by atoms with Gasteiger partial charge in [0.1, 0.15) is 0 Å². The first kappa shape index (κ1) is 12.6. The summed E-state index contributed by atoms with van der Waals surface area (Å²) < 4.78 is 6.12. The average molecular weight is 233 g/mol. The van der Waals surface area contributed by atoms with E-state index in [1.54, 1.807) is 0 Å². The van der Waals surface area contributed by atoms with Gasteiger partial charge in [-0.05, 0) is 24.0 Å². The van der Waals surface area contributed by atoms with Crippen LogP contribution in [0.2, 0.25) is 0 Å². The summed E-state index contributed by atoms with van der Waals surface area (Å²) in [5.41, 5.74) is 2.69. The van der Waals surface area contributed by atoms with E-state index in [2.05, 4.69) is 43.4 Å². The highest BCUT2D eigenvalue weighted by Gasteiger charge is 2.22. The van der Waals surface area contributed by atoms with Crippen LogP contribution in [0.3, 0.4) is 0 Å². The van der Waals surface area contributed by atoms with Gasteiger partial charge >= 0.3 is 0 Å². The lowest BCUT2D eigenvalue weighted by molar-refractivity contribution is -0.0425. The lowest BCUT2D eigenvalue weighted by Gasteiger charge is -2.31. The Morgan fingerprint density at radius 1 is 1.18 bits per heavy atom. The van der Waals surface area contributed by atoms with E-state index < -0.39 is 0 Å². The summed E-state index contributed by atoms with van der Waals surface area (Å²) >= 11 is 0. The maximum Gasteiger partial charge on any atom is 0.0953 e. The van der Waals surface area contributed by atoms with Crippen LogP contribution in [0.4, 0.5) is 0 Å². The number of hydrogen-bond donors (Lipinski definition) is 1. The van der Waals surface area contributed by atoms with Gasteiger partial charge in [-0.25, -0.2) is 0 Å². The van der Waals surface area contributed by atoms with Crippen LogP contribution in [0.5, 0.6) is 0 Å². The monoisotopic (exact) mass is 233 g/mol. The molecule has 0 amide bonds. The minimum Gasteiger partial charge on any atom is -0.368 e. The molecule has 2 rings (SSSR count). The summed E-state index contributed by atoms with van der Waals surface area (Å²) in [7, 11) is 0. The summed E-state index contributed by atoms with van der Waals surface area (Å²) in [6, 6.07) is 8.84. The van der Waals surface area contributed by atoms with Crippen molar-refractivity contribution in [2.75, 3.05) is 13.1 Å². The van der Waals surface area contributed by atoms with Crippen LogP contribution in [0.1, 0.15) is 43.9 Å². The van der Waals surface area contributed by atoms with E-state index in [0.29, 0.717) is 6.10 Å². The lowest BCUT2D eigenvalue weighted by atomic mass is 10.0. The molecule has 0 aromatic heterocycles. The van der Waals surface area contributed by atoms with E-state index in [-0.39, 0.29) is 6.10 Å². The molecule has 1 aliphatic rings. The second kappa shape index (κ2) is 6.18. The van der Waals surface area contributed by atoms with E-state index in [9.17, 15) is 0 Å². The standard InChI is InChI=1S/C15H23NO/c1-3-5-14-10-16-11-15(17-14)13-8-6-12(4-2)7-9-13/h6-9,14-16H,3-5,10-11H2,1-2H3. The molecule has 1 heterocycles. The van der Waals surface area contributed by atoms with Gasteiger partial charge in [0.2, 0.25) is 0 Å². The lowest BCUT2D eigenvalue weighted by Crippen LogP contribution is -2.40. The van der Waals surface area contributed by atoms with Gasteiger partial charge in [0.05, 0.1) is 12.2 Å². The van der Waals surface area contributed by atoms with E-state index in [1.807, 2.05) is 0 Å². The highest BCUT2D eigenvalue weighted by molar-refractivity contribution is 5.24. The number of ether oxygens (including phenoxy) is 1. The molecular weight excluding hydrogens is 210 g/mol. The van der Waals surface area contributed by atoms with Crippen LogP contribution in [0.15, 0.2) is 24.3 Å². The second-order valence-electron chi connectivity index (χ2n) is 4.79. The number of benzene rings is 1. The Hall–Kier alpha value is -0.860. The van der Waals surface area contributed by atoms with Gasteiger partial charge in [0, 0.05) is 13.1 Å². The third-order valence-electron chi connectivity index (χ3n) is 3.43. The van der Waals surface area contributed by atoms with Crippen LogP contribution in [-0.4, -0.2) is 19.2 Å². The molecule has 1 N–H and O–H groups in total. The maximum absolute atomic E-state index is 6.12. The summed E-state index contributed by atoms with van der Waals surface area (Å²) in [5.74, 6) is 0. The SMILES string of the molecule is CCCC1CNCC(c2ccc(CC)cc2)O1. The quantitative estimate of drug-likeness (QED) is 0.863. The zero-order chi connectivity index (χ0) is 12.1. The summed E-state index contributed by atoms with van der Waals surface area (Å²) in [6.45, 7) is 6.33. The van der Waals surface area contributed by atoms with Crippen molar-refractivity contribution in [2.24, 2.45) is 0 Å². The Balaban J connectivity index is 2.00. The zero-order valence-corrected chi connectivity index (χ0v) is 10.9. The molecule has 94 valence electrons. The zero-order valence-electron chi connectivity index (χ0n) is 10.9. The van der Waals surface area contributed by atoms with Crippen LogP contribution >= 0.6 is 0 Å². The number of aryl methyl sites for hydroxylation is 1. The molecule has 2 nitrogen and oxygen atoms in total. The van der Waals surface area contributed by atoms with Gasteiger partial charge in [-0.3, -0.25) is 0 Å². The maximum atomic E-state index is 6.12. The Kier molecular flexibility index (Phi) is 4.57. The van der Waals surface area contributed by atoms with E-state index in [0.717, 1.165) is 25.9 Å². The number of rotatable bonds is 4. The van der Waals surface area contributed by atoms with Crippen LogP contribution in [0.25, 0.3) is 0 Å². The molecule has 1 fully saturated rings. The fourth-order valence-electron chi connectivity index (χ4n) is 2.36. The van der Waals surface area contributed by atoms with Crippen molar-refractivity contribution in [3.63, 3.8) is 0 Å². The fourth-order valence-corrected chi connectivity index (χ4v) is 2.36. The van der Waals surface area contributed by atoms with Gasteiger partial charge in [-0.2, -0.15) is 0 Å². The Morgan fingerprint density at radius 2 is 1.94 bits per heavy atom. The van der Waals surface area contributed by atoms with E-state index >= 15 is 0 Å². The smallest absolute Gasteiger partial charge is 0.0953 e. The molecule has 2 unspecified atom stereocenters. The third kappa shape index (κ3) is 3.30. The highest BCUT2D eigenvalue weighted by Crippen LogP contribution is 2.23. The molecule has 1 aromatic carbocycles. The predicted molar refractivity (Wildman–Crippen MR) is 71.2 cm³/mol. The van der Waals surface area contributed by atoms with Gasteiger partial charge in [-0.1, -0.05) is 44.5 Å². The molecule has 0 bridgehead atoms. The summed E-state index contributed by atoms with van der Waals surface area (Å²) in [4.78, 5) is 0. The van der Waals surface area contributed by atoms with Gasteiger partial charge < -0.3 is 10.1 Å². The molecule has 2 heteroatoms. The second-order valence-corrected chi connectivity index (χ2v) is 4.79. The van der Waals surface area contributed by atoms with E-state index in [1.165, 1.54) is 17.5 Å². The average Bonchev–Trinajstić information content (AvgIpc) is 2.40. The highest BCUT2D eigenvalue weighted by atomic mass is 16.5. The molecule has 17 heavy (non-hydrogen) atoms. The largest absolute Gasteiger partial charge is 0.368 e. The normalized spacial score (nSPS) is 24.8. The number of hydrogen-bond acceptors (Lipinski definition) is 2. The molecule has 2 atom stereocenters. The van der Waals surface area contributed by atoms with Crippen molar-refractivity contribution in [3.8, 4) is 0 Å². The first-order valence-electron chi connectivity index (χ1n) is 6.78. The van der Waals surface area contributed by atoms with Crippen LogP contribution < -0.4 is 5.32 Å². The van der Waals surface area contributed by atoms with Crippen molar-refractivity contribution < 1.29 is 4.74 Å². The third-order valence-corrected chi connectivity index (χ3v) is 3.43. The molecule has 0 saturated carbocycles. The molecule has 1 aromatic rings. The molecule has 1 saturated heterocycles. The van der Waals surface area contributed by atoms with Crippen molar-refractivity contribution in [2.45, 2.75) is 45.3 Å². The van der Waals surface area contributed by atoms with Crippen molar-refractivity contribution in [1.82, 2.24) is 5.32 Å². The molecule has 1 aliphatic heterocycles. The van der Waals surface area contributed by atoms with Gasteiger partial charge in [0.25, 0.3) is 0 Å². The Morgan fingerprint density at radius 3 is 2.59 bits per heavy atom. The summed E-state index contributed by atoms with van der Waals surface area (Å²) in [5, 5.41) is 3.47. The van der Waals surface area contributed by atoms with E-state index in [4.69, 9.17) is 4.74 Å². The fraction of sp³-hybridized carbons (Fsp3) is 0.600. The molecule has 0 spiro atoms. The minimum absolute atomic E-state index is 0.228. The minimum atomic E-state index is 0.228. The van der Waals surface area contributed by atoms with Crippen molar-refractivity contribution in [1.29, 1.82) is 0 Å². The van der Waals surface area contributed by atoms with Crippen molar-refractivity contribution in [3.05, 3.63) is 35.4 Å². The first-order chi connectivity index (χ1) is 8.33. The molecule has 0 radical (unpaired) electrons. The Bertz CT molecular complexity index is 331. The topological polar surface area (TPSA) is 21.3 Å². The number of morpholine rings is 1. The Labute approximate surface area is 104 Å². The summed E-state index contributed by atoms with van der Waals surface area (Å²) in [6.07, 6.45) is 4.04. The molecule has 0 aliphatic carbocycles. The molecular formula is C15H23NO. The van der Waals surface area contributed by atoms with Gasteiger partial charge in [-0.15, -0.1) is 0 Å².